The minimum atomic E-state index is -0.229. The van der Waals surface area contributed by atoms with Crippen molar-refractivity contribution in [2.45, 2.75) is 27.2 Å². The van der Waals surface area contributed by atoms with Crippen LogP contribution in [0.25, 0.3) is 17.3 Å². The standard InChI is InChI=1S/C23H19N3OS/c1-4-17-7-9-20(10-8-17)26-22(27)21(28-23(26)19(13-24)14-25)12-18-11-15(2)5-6-16(18)3/h5-12H,4H2,1-3H3/b21-12+. The van der Waals surface area contributed by atoms with Crippen LogP contribution in [0.1, 0.15) is 29.2 Å². The SMILES string of the molecule is CCc1ccc(-n2c(=C(C#N)C#N)s/c(=C/c3cc(C)ccc3C)c2=O)cc1. The van der Waals surface area contributed by atoms with E-state index >= 15 is 0 Å². The molecule has 28 heavy (non-hydrogen) atoms. The van der Waals surface area contributed by atoms with E-state index < -0.39 is 0 Å². The van der Waals surface area contributed by atoms with Gasteiger partial charge in [-0.1, -0.05) is 42.8 Å². The number of hydrogen-bond acceptors (Lipinski definition) is 4. The summed E-state index contributed by atoms with van der Waals surface area (Å²) in [5.41, 5.74) is 4.62. The normalized spacial score (nSPS) is 11.1. The van der Waals surface area contributed by atoms with Gasteiger partial charge >= 0.3 is 0 Å². The van der Waals surface area contributed by atoms with Crippen LogP contribution in [0.4, 0.5) is 0 Å². The van der Waals surface area contributed by atoms with Crippen LogP contribution in [0.5, 0.6) is 0 Å². The molecule has 1 aromatic heterocycles. The van der Waals surface area contributed by atoms with Crippen LogP contribution in [-0.4, -0.2) is 4.57 Å². The molecule has 0 spiro atoms. The van der Waals surface area contributed by atoms with Gasteiger partial charge in [0.15, 0.2) is 5.57 Å². The van der Waals surface area contributed by atoms with Crippen LogP contribution < -0.4 is 14.8 Å². The molecule has 1 heterocycles. The highest BCUT2D eigenvalue weighted by Crippen LogP contribution is 2.12. The van der Waals surface area contributed by atoms with E-state index in [-0.39, 0.29) is 11.1 Å². The Balaban J connectivity index is 2.37. The molecule has 0 amide bonds. The van der Waals surface area contributed by atoms with Crippen molar-refractivity contribution in [1.82, 2.24) is 4.57 Å². The van der Waals surface area contributed by atoms with Gasteiger partial charge in [0.2, 0.25) is 0 Å². The fraction of sp³-hybridized carbons (Fsp3) is 0.174. The number of aryl methyl sites for hydroxylation is 3. The molecule has 0 unspecified atom stereocenters. The molecule has 0 radical (unpaired) electrons. The van der Waals surface area contributed by atoms with Crippen LogP contribution >= 0.6 is 11.3 Å². The largest absolute Gasteiger partial charge is 0.273 e. The highest BCUT2D eigenvalue weighted by Gasteiger charge is 2.11. The summed E-state index contributed by atoms with van der Waals surface area (Å²) in [4.78, 5) is 13.2. The highest BCUT2D eigenvalue weighted by atomic mass is 32.1. The van der Waals surface area contributed by atoms with Crippen LogP contribution in [0, 0.1) is 36.5 Å². The number of nitriles is 2. The molecule has 0 aliphatic carbocycles. The zero-order valence-corrected chi connectivity index (χ0v) is 16.8. The minimum Gasteiger partial charge on any atom is -0.267 e. The first-order valence-corrected chi connectivity index (χ1v) is 9.74. The zero-order valence-electron chi connectivity index (χ0n) is 16.0. The molecule has 0 saturated carbocycles. The number of thiazole rings is 1. The van der Waals surface area contributed by atoms with Gasteiger partial charge in [-0.25, -0.2) is 0 Å². The van der Waals surface area contributed by atoms with Gasteiger partial charge in [-0.2, -0.15) is 10.5 Å². The van der Waals surface area contributed by atoms with Crippen molar-refractivity contribution in [3.8, 4) is 17.8 Å². The second-order valence-electron chi connectivity index (χ2n) is 6.54. The third-order valence-electron chi connectivity index (χ3n) is 4.59. The molecule has 0 saturated heterocycles. The predicted octanol–water partition coefficient (Wildman–Crippen LogP) is 3.10. The summed E-state index contributed by atoms with van der Waals surface area (Å²) in [7, 11) is 0. The Hall–Kier alpha value is -3.41. The average Bonchev–Trinajstić information content (AvgIpc) is 3.02. The number of hydrogen-bond donors (Lipinski definition) is 0. The lowest BCUT2D eigenvalue weighted by atomic mass is 10.1. The van der Waals surface area contributed by atoms with Gasteiger partial charge < -0.3 is 0 Å². The van der Waals surface area contributed by atoms with Gasteiger partial charge in [-0.15, -0.1) is 11.3 Å². The molecule has 0 fully saturated rings. The number of aromatic nitrogens is 1. The van der Waals surface area contributed by atoms with Gasteiger partial charge in [0.25, 0.3) is 5.56 Å². The monoisotopic (exact) mass is 385 g/mol. The van der Waals surface area contributed by atoms with Crippen molar-refractivity contribution in [1.29, 1.82) is 10.5 Å². The van der Waals surface area contributed by atoms with Crippen molar-refractivity contribution < 1.29 is 0 Å². The van der Waals surface area contributed by atoms with Gasteiger partial charge in [-0.3, -0.25) is 9.36 Å². The molecule has 0 bridgehead atoms. The van der Waals surface area contributed by atoms with Crippen molar-refractivity contribution >= 4 is 23.0 Å². The fourth-order valence-electron chi connectivity index (χ4n) is 2.94. The third-order valence-corrected chi connectivity index (χ3v) is 5.68. The lowest BCUT2D eigenvalue weighted by molar-refractivity contribution is 0.983. The maximum Gasteiger partial charge on any atom is 0.273 e. The van der Waals surface area contributed by atoms with Gasteiger partial charge in [0.1, 0.15) is 16.8 Å². The van der Waals surface area contributed by atoms with E-state index in [4.69, 9.17) is 0 Å². The van der Waals surface area contributed by atoms with Crippen molar-refractivity contribution in [2.24, 2.45) is 0 Å². The maximum absolute atomic E-state index is 13.2. The molecule has 138 valence electrons. The van der Waals surface area contributed by atoms with Crippen LogP contribution in [-0.2, 0) is 6.42 Å². The summed E-state index contributed by atoms with van der Waals surface area (Å²) in [6, 6.07) is 17.5. The first kappa shape index (κ1) is 19.4. The van der Waals surface area contributed by atoms with Crippen LogP contribution in [0.3, 0.4) is 0 Å². The summed E-state index contributed by atoms with van der Waals surface area (Å²) in [5, 5.41) is 18.7. The highest BCUT2D eigenvalue weighted by molar-refractivity contribution is 7.07. The molecular weight excluding hydrogens is 366 g/mol. The predicted molar refractivity (Wildman–Crippen MR) is 113 cm³/mol. The summed E-state index contributed by atoms with van der Waals surface area (Å²) >= 11 is 1.17. The Kier molecular flexibility index (Phi) is 5.59. The third kappa shape index (κ3) is 3.67. The van der Waals surface area contributed by atoms with Crippen LogP contribution in [0.15, 0.2) is 47.3 Å². The molecule has 0 aliphatic heterocycles. The van der Waals surface area contributed by atoms with Gasteiger partial charge in [0.05, 0.1) is 10.2 Å². The maximum atomic E-state index is 13.2. The molecular formula is C23H19N3OS. The summed E-state index contributed by atoms with van der Waals surface area (Å²) in [6.07, 6.45) is 2.73. The second kappa shape index (κ2) is 8.08. The molecule has 2 aromatic carbocycles. The molecule has 4 nitrogen and oxygen atoms in total. The topological polar surface area (TPSA) is 69.6 Å². The molecule has 3 rings (SSSR count). The van der Waals surface area contributed by atoms with Crippen molar-refractivity contribution in [3.05, 3.63) is 84.3 Å². The lowest BCUT2D eigenvalue weighted by Gasteiger charge is -2.03. The number of benzene rings is 2. The van der Waals surface area contributed by atoms with E-state index in [1.165, 1.54) is 15.9 Å². The van der Waals surface area contributed by atoms with Crippen molar-refractivity contribution in [2.75, 3.05) is 0 Å². The van der Waals surface area contributed by atoms with E-state index in [0.29, 0.717) is 14.9 Å². The zero-order chi connectivity index (χ0) is 20.3. The average molecular weight is 385 g/mol. The Labute approximate surface area is 167 Å². The molecule has 5 heteroatoms. The molecule has 3 aromatic rings. The van der Waals surface area contributed by atoms with Crippen molar-refractivity contribution in [3.63, 3.8) is 0 Å². The Bertz CT molecular complexity index is 1280. The van der Waals surface area contributed by atoms with Crippen LogP contribution in [0.2, 0.25) is 0 Å². The number of nitrogens with zero attached hydrogens (tertiary/aromatic N) is 3. The first-order valence-electron chi connectivity index (χ1n) is 8.93. The van der Waals surface area contributed by atoms with Gasteiger partial charge in [-0.05, 0) is 55.2 Å². The summed E-state index contributed by atoms with van der Waals surface area (Å²) < 4.78 is 2.31. The van der Waals surface area contributed by atoms with E-state index in [2.05, 4.69) is 6.92 Å². The fourth-order valence-corrected chi connectivity index (χ4v) is 3.99. The molecule has 0 aliphatic rings. The molecule has 0 N–H and O–H groups in total. The summed E-state index contributed by atoms with van der Waals surface area (Å²) in [6.45, 7) is 6.05. The molecule has 0 atom stereocenters. The number of rotatable bonds is 3. The smallest absolute Gasteiger partial charge is 0.267 e. The minimum absolute atomic E-state index is 0.0673. The van der Waals surface area contributed by atoms with Gasteiger partial charge in [0, 0.05) is 0 Å². The first-order chi connectivity index (χ1) is 13.5. The second-order valence-corrected chi connectivity index (χ2v) is 7.57. The Morgan fingerprint density at radius 2 is 1.79 bits per heavy atom. The quantitative estimate of drug-likeness (QED) is 0.696. The van der Waals surface area contributed by atoms with E-state index in [1.807, 2.05) is 74.5 Å². The lowest BCUT2D eigenvalue weighted by Crippen LogP contribution is -2.30. The Morgan fingerprint density at radius 3 is 2.39 bits per heavy atom. The Morgan fingerprint density at radius 1 is 1.11 bits per heavy atom. The van der Waals surface area contributed by atoms with E-state index in [0.717, 1.165) is 28.7 Å². The van der Waals surface area contributed by atoms with E-state index in [1.54, 1.807) is 0 Å². The van der Waals surface area contributed by atoms with E-state index in [9.17, 15) is 15.3 Å². The summed E-state index contributed by atoms with van der Waals surface area (Å²) in [5.74, 6) is 0.